The third-order valence-corrected chi connectivity index (χ3v) is 4.14. The van der Waals surface area contributed by atoms with E-state index in [4.69, 9.17) is 0 Å². The topological polar surface area (TPSA) is 66.4 Å². The van der Waals surface area contributed by atoms with Crippen LogP contribution in [0.3, 0.4) is 0 Å². The number of benzene rings is 3. The number of nitrogens with one attached hydrogen (secondary N) is 1. The molecular weight excluding hydrogens is 326 g/mol. The van der Waals surface area contributed by atoms with E-state index in [0.29, 0.717) is 12.1 Å². The number of carboxylic acids is 1. The SMILES string of the molecule is Cc1cccc(CNC(=O)c2cccc(-c3ccccc3)c2C(=O)O)c1. The molecular formula is C22H19NO3. The Labute approximate surface area is 152 Å². The maximum absolute atomic E-state index is 12.6. The van der Waals surface area contributed by atoms with Crippen molar-refractivity contribution in [1.82, 2.24) is 5.32 Å². The van der Waals surface area contributed by atoms with E-state index in [9.17, 15) is 14.7 Å². The molecule has 0 aliphatic carbocycles. The first-order valence-electron chi connectivity index (χ1n) is 8.32. The van der Waals surface area contributed by atoms with Crippen molar-refractivity contribution in [2.45, 2.75) is 13.5 Å². The first kappa shape index (κ1) is 17.4. The fourth-order valence-corrected chi connectivity index (χ4v) is 2.93. The van der Waals surface area contributed by atoms with Crippen LogP contribution in [0.15, 0.2) is 72.8 Å². The molecule has 0 bridgehead atoms. The summed E-state index contributed by atoms with van der Waals surface area (Å²) in [6.45, 7) is 2.33. The predicted octanol–water partition coefficient (Wildman–Crippen LogP) is 4.29. The summed E-state index contributed by atoms with van der Waals surface area (Å²) in [7, 11) is 0. The van der Waals surface area contributed by atoms with Gasteiger partial charge in [0.25, 0.3) is 5.91 Å². The Morgan fingerprint density at radius 2 is 1.65 bits per heavy atom. The van der Waals surface area contributed by atoms with Crippen molar-refractivity contribution < 1.29 is 14.7 Å². The van der Waals surface area contributed by atoms with E-state index in [0.717, 1.165) is 16.7 Å². The van der Waals surface area contributed by atoms with Crippen molar-refractivity contribution in [3.8, 4) is 11.1 Å². The zero-order valence-electron chi connectivity index (χ0n) is 14.4. The average molecular weight is 345 g/mol. The third-order valence-electron chi connectivity index (χ3n) is 4.14. The maximum Gasteiger partial charge on any atom is 0.337 e. The second kappa shape index (κ2) is 7.66. The number of carboxylic acid groups (broad SMARTS) is 1. The molecule has 0 saturated heterocycles. The van der Waals surface area contributed by atoms with Crippen LogP contribution in [0.5, 0.6) is 0 Å². The molecule has 26 heavy (non-hydrogen) atoms. The van der Waals surface area contributed by atoms with Gasteiger partial charge in [0.15, 0.2) is 0 Å². The first-order chi connectivity index (χ1) is 12.6. The van der Waals surface area contributed by atoms with Gasteiger partial charge >= 0.3 is 5.97 Å². The lowest BCUT2D eigenvalue weighted by molar-refractivity contribution is 0.0692. The number of carbonyl (C=O) groups excluding carboxylic acids is 1. The number of hydrogen-bond acceptors (Lipinski definition) is 2. The van der Waals surface area contributed by atoms with Crippen molar-refractivity contribution >= 4 is 11.9 Å². The molecule has 1 amide bonds. The summed E-state index contributed by atoms with van der Waals surface area (Å²) >= 11 is 0. The van der Waals surface area contributed by atoms with Gasteiger partial charge in [-0.3, -0.25) is 4.79 Å². The highest BCUT2D eigenvalue weighted by Crippen LogP contribution is 2.26. The van der Waals surface area contributed by atoms with Crippen LogP contribution in [0.2, 0.25) is 0 Å². The Balaban J connectivity index is 1.92. The number of carbonyl (C=O) groups is 2. The van der Waals surface area contributed by atoms with Crippen LogP contribution in [-0.2, 0) is 6.54 Å². The standard InChI is InChI=1S/C22H19NO3/c1-15-7-5-8-16(13-15)14-23-21(24)19-12-6-11-18(20(19)22(25)26)17-9-3-2-4-10-17/h2-13H,14H2,1H3,(H,23,24)(H,25,26). The summed E-state index contributed by atoms with van der Waals surface area (Å²) in [5.41, 5.74) is 3.54. The molecule has 0 aliphatic rings. The van der Waals surface area contributed by atoms with Crippen molar-refractivity contribution in [2.75, 3.05) is 0 Å². The van der Waals surface area contributed by atoms with E-state index < -0.39 is 11.9 Å². The molecule has 0 radical (unpaired) electrons. The Bertz CT molecular complexity index is 949. The van der Waals surface area contributed by atoms with E-state index in [1.807, 2.05) is 61.5 Å². The molecule has 4 heteroatoms. The minimum Gasteiger partial charge on any atom is -0.478 e. The molecule has 0 spiro atoms. The lowest BCUT2D eigenvalue weighted by Gasteiger charge is -2.12. The first-order valence-corrected chi connectivity index (χ1v) is 8.32. The summed E-state index contributed by atoms with van der Waals surface area (Å²) in [4.78, 5) is 24.5. The monoisotopic (exact) mass is 345 g/mol. The molecule has 0 aliphatic heterocycles. The summed E-state index contributed by atoms with van der Waals surface area (Å²) in [6.07, 6.45) is 0. The number of aryl methyl sites for hydroxylation is 1. The van der Waals surface area contributed by atoms with Crippen LogP contribution in [0.1, 0.15) is 31.8 Å². The smallest absolute Gasteiger partial charge is 0.337 e. The molecule has 0 unspecified atom stereocenters. The Morgan fingerprint density at radius 1 is 0.923 bits per heavy atom. The van der Waals surface area contributed by atoms with E-state index in [-0.39, 0.29) is 11.1 Å². The fourth-order valence-electron chi connectivity index (χ4n) is 2.93. The van der Waals surface area contributed by atoms with E-state index >= 15 is 0 Å². The van der Waals surface area contributed by atoms with Gasteiger partial charge in [-0.2, -0.15) is 0 Å². The Morgan fingerprint density at radius 3 is 2.35 bits per heavy atom. The highest BCUT2D eigenvalue weighted by atomic mass is 16.4. The van der Waals surface area contributed by atoms with Crippen LogP contribution in [0.4, 0.5) is 0 Å². The molecule has 3 aromatic carbocycles. The number of rotatable bonds is 5. The molecule has 0 saturated carbocycles. The Kier molecular flexibility index (Phi) is 5.13. The van der Waals surface area contributed by atoms with Crippen molar-refractivity contribution in [3.63, 3.8) is 0 Å². The van der Waals surface area contributed by atoms with Crippen molar-refractivity contribution in [1.29, 1.82) is 0 Å². The van der Waals surface area contributed by atoms with Gasteiger partial charge in [0, 0.05) is 6.54 Å². The quantitative estimate of drug-likeness (QED) is 0.725. The highest BCUT2D eigenvalue weighted by Gasteiger charge is 2.21. The predicted molar refractivity (Wildman–Crippen MR) is 101 cm³/mol. The molecule has 130 valence electrons. The molecule has 2 N–H and O–H groups in total. The normalized spacial score (nSPS) is 10.3. The fraction of sp³-hybridized carbons (Fsp3) is 0.0909. The highest BCUT2D eigenvalue weighted by molar-refractivity contribution is 6.08. The van der Waals surface area contributed by atoms with E-state index in [1.165, 1.54) is 0 Å². The minimum atomic E-state index is -1.12. The third kappa shape index (κ3) is 3.81. The summed E-state index contributed by atoms with van der Waals surface area (Å²) in [6, 6.07) is 22.0. The number of amides is 1. The maximum atomic E-state index is 12.6. The molecule has 0 fully saturated rings. The summed E-state index contributed by atoms with van der Waals surface area (Å²) in [5, 5.41) is 12.5. The van der Waals surface area contributed by atoms with Crippen LogP contribution < -0.4 is 5.32 Å². The van der Waals surface area contributed by atoms with Crippen LogP contribution in [0.25, 0.3) is 11.1 Å². The van der Waals surface area contributed by atoms with E-state index in [1.54, 1.807) is 18.2 Å². The molecule has 4 nitrogen and oxygen atoms in total. The molecule has 3 rings (SSSR count). The van der Waals surface area contributed by atoms with Crippen molar-refractivity contribution in [2.24, 2.45) is 0 Å². The van der Waals surface area contributed by atoms with Gasteiger partial charge in [-0.1, -0.05) is 72.3 Å². The van der Waals surface area contributed by atoms with E-state index in [2.05, 4.69) is 5.32 Å². The summed E-state index contributed by atoms with van der Waals surface area (Å²) < 4.78 is 0. The molecule has 0 heterocycles. The zero-order valence-corrected chi connectivity index (χ0v) is 14.4. The summed E-state index contributed by atoms with van der Waals surface area (Å²) in [5.74, 6) is -1.52. The van der Waals surface area contributed by atoms with Crippen molar-refractivity contribution in [3.05, 3.63) is 95.1 Å². The van der Waals surface area contributed by atoms with Gasteiger partial charge in [-0.25, -0.2) is 4.79 Å². The second-order valence-corrected chi connectivity index (χ2v) is 6.07. The van der Waals surface area contributed by atoms with Gasteiger partial charge in [0.05, 0.1) is 11.1 Å². The molecule has 0 atom stereocenters. The van der Waals surface area contributed by atoms with Gasteiger partial charge in [0.2, 0.25) is 0 Å². The van der Waals surface area contributed by atoms with Gasteiger partial charge in [-0.05, 0) is 29.7 Å². The van der Waals surface area contributed by atoms with Crippen LogP contribution in [0, 0.1) is 6.92 Å². The second-order valence-electron chi connectivity index (χ2n) is 6.07. The van der Waals surface area contributed by atoms with Crippen LogP contribution >= 0.6 is 0 Å². The lowest BCUT2D eigenvalue weighted by atomic mass is 9.95. The van der Waals surface area contributed by atoms with Gasteiger partial charge in [0.1, 0.15) is 0 Å². The lowest BCUT2D eigenvalue weighted by Crippen LogP contribution is -2.25. The average Bonchev–Trinajstić information content (AvgIpc) is 2.66. The molecule has 3 aromatic rings. The van der Waals surface area contributed by atoms with Crippen LogP contribution in [-0.4, -0.2) is 17.0 Å². The van der Waals surface area contributed by atoms with Gasteiger partial charge < -0.3 is 10.4 Å². The number of hydrogen-bond donors (Lipinski definition) is 2. The Hall–Kier alpha value is -3.40. The molecule has 0 aromatic heterocycles. The van der Waals surface area contributed by atoms with Gasteiger partial charge in [-0.15, -0.1) is 0 Å². The minimum absolute atomic E-state index is 0.0143. The largest absolute Gasteiger partial charge is 0.478 e. The number of aromatic carboxylic acids is 1. The zero-order chi connectivity index (χ0) is 18.5.